The van der Waals surface area contributed by atoms with Gasteiger partial charge in [0.1, 0.15) is 0 Å². The molecule has 17 heavy (non-hydrogen) atoms. The van der Waals surface area contributed by atoms with Gasteiger partial charge in [0.2, 0.25) is 0 Å². The summed E-state index contributed by atoms with van der Waals surface area (Å²) in [6.07, 6.45) is 7.97. The largest absolute Gasteiger partial charge is 0.331 e. The topological polar surface area (TPSA) is 20.7 Å². The number of aryl methyl sites for hydroxylation is 1. The summed E-state index contributed by atoms with van der Waals surface area (Å²) in [4.78, 5) is 3.31. The fourth-order valence-corrected chi connectivity index (χ4v) is 2.96. The molecule has 1 heterocycles. The molecule has 0 amide bonds. The number of allylic oxidation sites excluding steroid dienone is 2. The molecular formula is C14H16N2S. The van der Waals surface area contributed by atoms with Crippen LogP contribution >= 0.6 is 12.2 Å². The number of hydrogen-bond acceptors (Lipinski definition) is 1. The van der Waals surface area contributed by atoms with E-state index in [0.717, 1.165) is 23.1 Å². The Bertz CT molecular complexity index is 633. The maximum Gasteiger partial charge on any atom is 0.178 e. The summed E-state index contributed by atoms with van der Waals surface area (Å²) in [6.45, 7) is 2.13. The maximum absolute atomic E-state index is 5.46. The Kier molecular flexibility index (Phi) is 2.63. The summed E-state index contributed by atoms with van der Waals surface area (Å²) in [5.41, 5.74) is 3.68. The Hall–Kier alpha value is -1.35. The highest BCUT2D eigenvalue weighted by Crippen LogP contribution is 2.28. The van der Waals surface area contributed by atoms with Gasteiger partial charge in [0, 0.05) is 6.04 Å². The van der Waals surface area contributed by atoms with E-state index in [0.29, 0.717) is 6.04 Å². The van der Waals surface area contributed by atoms with Crippen LogP contribution in [0.4, 0.5) is 0 Å². The number of hydrogen-bond donors (Lipinski definition) is 1. The van der Waals surface area contributed by atoms with Gasteiger partial charge in [-0.25, -0.2) is 0 Å². The molecule has 1 atom stereocenters. The van der Waals surface area contributed by atoms with Gasteiger partial charge in [-0.05, 0) is 56.1 Å². The third-order valence-electron chi connectivity index (χ3n) is 3.48. The zero-order valence-corrected chi connectivity index (χ0v) is 10.8. The number of nitrogens with zero attached hydrogens (tertiary/aromatic N) is 1. The van der Waals surface area contributed by atoms with Gasteiger partial charge in [-0.2, -0.15) is 0 Å². The molecule has 0 spiro atoms. The van der Waals surface area contributed by atoms with E-state index in [4.69, 9.17) is 12.2 Å². The number of rotatable bonds is 1. The van der Waals surface area contributed by atoms with Crippen molar-refractivity contribution in [3.05, 3.63) is 40.7 Å². The molecule has 2 aromatic rings. The van der Waals surface area contributed by atoms with Crippen LogP contribution in [0, 0.1) is 11.7 Å². The van der Waals surface area contributed by atoms with Gasteiger partial charge in [-0.1, -0.05) is 18.2 Å². The minimum Gasteiger partial charge on any atom is -0.331 e. The lowest BCUT2D eigenvalue weighted by atomic mass is 10.0. The highest BCUT2D eigenvalue weighted by atomic mass is 32.1. The van der Waals surface area contributed by atoms with Crippen LogP contribution in [0.3, 0.4) is 0 Å². The average Bonchev–Trinajstić information content (AvgIpc) is 2.65. The fourth-order valence-electron chi connectivity index (χ4n) is 2.61. The molecule has 1 aliphatic rings. The number of imidazole rings is 1. The summed E-state index contributed by atoms with van der Waals surface area (Å²) >= 11 is 5.46. The van der Waals surface area contributed by atoms with Gasteiger partial charge in [-0.15, -0.1) is 0 Å². The smallest absolute Gasteiger partial charge is 0.178 e. The molecule has 0 radical (unpaired) electrons. The lowest BCUT2D eigenvalue weighted by Crippen LogP contribution is -2.10. The molecule has 0 saturated heterocycles. The number of H-pyrrole nitrogens is 1. The minimum atomic E-state index is 0.517. The monoisotopic (exact) mass is 244 g/mol. The molecule has 3 heteroatoms. The van der Waals surface area contributed by atoms with Crippen LogP contribution in [-0.4, -0.2) is 9.55 Å². The van der Waals surface area contributed by atoms with Crippen molar-refractivity contribution < 1.29 is 0 Å². The van der Waals surface area contributed by atoms with Gasteiger partial charge in [-0.3, -0.25) is 0 Å². The number of aromatic amines is 1. The maximum atomic E-state index is 5.46. The molecule has 0 aliphatic heterocycles. The Morgan fingerprint density at radius 3 is 3.00 bits per heavy atom. The molecule has 1 unspecified atom stereocenters. The summed E-state index contributed by atoms with van der Waals surface area (Å²) < 4.78 is 3.15. The Balaban J connectivity index is 2.20. The highest BCUT2D eigenvalue weighted by molar-refractivity contribution is 7.71. The van der Waals surface area contributed by atoms with Gasteiger partial charge in [0.05, 0.1) is 11.0 Å². The molecule has 0 fully saturated rings. The molecule has 88 valence electrons. The van der Waals surface area contributed by atoms with Gasteiger partial charge in [0.25, 0.3) is 0 Å². The molecule has 2 nitrogen and oxygen atoms in total. The fraction of sp³-hybridized carbons (Fsp3) is 0.357. The van der Waals surface area contributed by atoms with Crippen molar-refractivity contribution in [1.82, 2.24) is 9.55 Å². The first-order valence-electron chi connectivity index (χ1n) is 6.11. The van der Waals surface area contributed by atoms with E-state index in [9.17, 15) is 0 Å². The van der Waals surface area contributed by atoms with Crippen LogP contribution in [0.1, 0.15) is 30.9 Å². The van der Waals surface area contributed by atoms with Crippen LogP contribution in [0.2, 0.25) is 0 Å². The van der Waals surface area contributed by atoms with E-state index in [2.05, 4.69) is 46.8 Å². The van der Waals surface area contributed by atoms with Crippen molar-refractivity contribution in [2.75, 3.05) is 0 Å². The van der Waals surface area contributed by atoms with Gasteiger partial charge in [0.15, 0.2) is 4.77 Å². The van der Waals surface area contributed by atoms with Crippen LogP contribution in [0.5, 0.6) is 0 Å². The quantitative estimate of drug-likeness (QED) is 0.586. The van der Waals surface area contributed by atoms with Crippen molar-refractivity contribution in [2.24, 2.45) is 0 Å². The summed E-state index contributed by atoms with van der Waals surface area (Å²) in [7, 11) is 0. The second-order valence-corrected chi connectivity index (χ2v) is 5.15. The first kappa shape index (κ1) is 10.8. The summed E-state index contributed by atoms with van der Waals surface area (Å²) in [5, 5.41) is 0. The van der Waals surface area contributed by atoms with Crippen molar-refractivity contribution in [1.29, 1.82) is 0 Å². The third kappa shape index (κ3) is 1.84. The van der Waals surface area contributed by atoms with E-state index in [1.54, 1.807) is 0 Å². The Morgan fingerprint density at radius 1 is 1.35 bits per heavy atom. The SMILES string of the molecule is Cc1ccc2[nH]c(=S)n(C3CC=CCC3)c2c1. The molecule has 1 N–H and O–H groups in total. The Labute approximate surface area is 106 Å². The predicted molar refractivity (Wildman–Crippen MR) is 73.9 cm³/mol. The van der Waals surface area contributed by atoms with E-state index >= 15 is 0 Å². The lowest BCUT2D eigenvalue weighted by Gasteiger charge is -2.20. The highest BCUT2D eigenvalue weighted by Gasteiger charge is 2.15. The second kappa shape index (κ2) is 4.15. The molecular weight excluding hydrogens is 228 g/mol. The number of benzene rings is 1. The van der Waals surface area contributed by atoms with Crippen LogP contribution in [0.25, 0.3) is 11.0 Å². The van der Waals surface area contributed by atoms with E-state index in [1.165, 1.54) is 17.5 Å². The molecule has 0 bridgehead atoms. The average molecular weight is 244 g/mol. The minimum absolute atomic E-state index is 0.517. The van der Waals surface area contributed by atoms with E-state index in [-0.39, 0.29) is 0 Å². The van der Waals surface area contributed by atoms with Gasteiger partial charge >= 0.3 is 0 Å². The standard InChI is InChI=1S/C14H16N2S/c1-10-7-8-12-13(9-10)16(14(17)15-12)11-5-3-2-4-6-11/h2-3,7-9,11H,4-6H2,1H3,(H,15,17). The van der Waals surface area contributed by atoms with E-state index in [1.807, 2.05) is 0 Å². The molecule has 1 aromatic carbocycles. The van der Waals surface area contributed by atoms with Crippen molar-refractivity contribution in [2.45, 2.75) is 32.2 Å². The van der Waals surface area contributed by atoms with Crippen LogP contribution < -0.4 is 0 Å². The molecule has 1 aromatic heterocycles. The van der Waals surface area contributed by atoms with Crippen LogP contribution in [0.15, 0.2) is 30.4 Å². The van der Waals surface area contributed by atoms with Crippen molar-refractivity contribution in [3.8, 4) is 0 Å². The predicted octanol–water partition coefficient (Wildman–Crippen LogP) is 4.29. The summed E-state index contributed by atoms with van der Waals surface area (Å²) in [5.74, 6) is 0. The lowest BCUT2D eigenvalue weighted by molar-refractivity contribution is 0.467. The van der Waals surface area contributed by atoms with Crippen molar-refractivity contribution >= 4 is 23.3 Å². The number of nitrogens with one attached hydrogen (secondary N) is 1. The molecule has 1 aliphatic carbocycles. The second-order valence-electron chi connectivity index (χ2n) is 4.76. The molecule has 3 rings (SSSR count). The number of aromatic nitrogens is 2. The first-order chi connectivity index (χ1) is 8.25. The third-order valence-corrected chi connectivity index (χ3v) is 3.78. The first-order valence-corrected chi connectivity index (χ1v) is 6.52. The van der Waals surface area contributed by atoms with Crippen molar-refractivity contribution in [3.63, 3.8) is 0 Å². The number of fused-ring (bicyclic) bond motifs is 1. The zero-order chi connectivity index (χ0) is 11.8. The normalized spacial score (nSPS) is 19.9. The zero-order valence-electron chi connectivity index (χ0n) is 9.94. The van der Waals surface area contributed by atoms with Gasteiger partial charge < -0.3 is 9.55 Å². The summed E-state index contributed by atoms with van der Waals surface area (Å²) in [6, 6.07) is 6.98. The van der Waals surface area contributed by atoms with Crippen LogP contribution in [-0.2, 0) is 0 Å². The Morgan fingerprint density at radius 2 is 2.24 bits per heavy atom. The van der Waals surface area contributed by atoms with E-state index < -0.39 is 0 Å². The molecule has 0 saturated carbocycles.